The molecule has 3 unspecified atom stereocenters. The number of amides is 2. The highest BCUT2D eigenvalue weighted by atomic mass is 35.5. The molecule has 2 aliphatic heterocycles. The van der Waals surface area contributed by atoms with E-state index in [0.29, 0.717) is 16.9 Å². The molecule has 2 fully saturated rings. The Morgan fingerprint density at radius 1 is 1.13 bits per heavy atom. The lowest BCUT2D eigenvalue weighted by molar-refractivity contribution is -0.119. The van der Waals surface area contributed by atoms with E-state index < -0.39 is 0 Å². The van der Waals surface area contributed by atoms with E-state index in [1.807, 2.05) is 49.9 Å². The normalized spacial score (nSPS) is 22.3. The first-order chi connectivity index (χ1) is 14.2. The molecule has 5 nitrogen and oxygen atoms in total. The molecule has 3 atom stereocenters. The predicted octanol–water partition coefficient (Wildman–Crippen LogP) is 3.95. The Kier molecular flexibility index (Phi) is 5.93. The fraction of sp³-hybridized carbons (Fsp3) is 0.478. The summed E-state index contributed by atoms with van der Waals surface area (Å²) in [4.78, 5) is 31.4. The van der Waals surface area contributed by atoms with Crippen LogP contribution in [0, 0.1) is 32.6 Å². The molecular formula is C23H28ClN3O2S. The Morgan fingerprint density at radius 3 is 2.33 bits per heavy atom. The number of nitrogens with zero attached hydrogens (tertiary/aromatic N) is 2. The first kappa shape index (κ1) is 21.3. The number of fused-ring (bicyclic) bond motifs is 1. The Morgan fingerprint density at radius 2 is 1.80 bits per heavy atom. The molecule has 1 aromatic heterocycles. The zero-order chi connectivity index (χ0) is 21.6. The van der Waals surface area contributed by atoms with Gasteiger partial charge in [0.05, 0.1) is 5.56 Å². The van der Waals surface area contributed by atoms with Crippen LogP contribution in [-0.4, -0.2) is 47.8 Å². The van der Waals surface area contributed by atoms with E-state index in [1.54, 1.807) is 11.3 Å². The summed E-state index contributed by atoms with van der Waals surface area (Å²) < 4.78 is 0. The largest absolute Gasteiger partial charge is 0.370 e. The van der Waals surface area contributed by atoms with Gasteiger partial charge in [-0.2, -0.15) is 0 Å². The third kappa shape index (κ3) is 4.13. The van der Waals surface area contributed by atoms with Crippen LogP contribution in [0.4, 0.5) is 0 Å². The number of aryl methyl sites for hydroxylation is 3. The molecule has 0 bridgehead atoms. The molecule has 0 saturated carbocycles. The molecule has 2 saturated heterocycles. The molecule has 0 radical (unpaired) electrons. The van der Waals surface area contributed by atoms with Crippen molar-refractivity contribution in [2.24, 2.45) is 17.6 Å². The molecule has 160 valence electrons. The van der Waals surface area contributed by atoms with E-state index >= 15 is 0 Å². The highest BCUT2D eigenvalue weighted by Gasteiger charge is 2.44. The zero-order valence-corrected chi connectivity index (χ0v) is 19.2. The number of thiophene rings is 1. The number of nitrogens with two attached hydrogens (primary N) is 1. The first-order valence-electron chi connectivity index (χ1n) is 10.4. The number of rotatable bonds is 5. The highest BCUT2D eigenvalue weighted by Crippen LogP contribution is 2.38. The molecule has 2 amide bonds. The number of carbonyl (C=O) groups excluding carboxylic acids is 2. The smallest absolute Gasteiger partial charge is 0.254 e. The van der Waals surface area contributed by atoms with E-state index in [9.17, 15) is 9.59 Å². The van der Waals surface area contributed by atoms with Crippen LogP contribution in [-0.2, 0) is 4.79 Å². The summed E-state index contributed by atoms with van der Waals surface area (Å²) in [6.07, 6.45) is 0.273. The van der Waals surface area contributed by atoms with E-state index in [1.165, 1.54) is 4.88 Å². The van der Waals surface area contributed by atoms with Gasteiger partial charge in [0.2, 0.25) is 5.91 Å². The fourth-order valence-electron chi connectivity index (χ4n) is 4.93. The molecule has 2 aromatic rings. The minimum absolute atomic E-state index is 0.0721. The van der Waals surface area contributed by atoms with Crippen molar-refractivity contribution in [2.45, 2.75) is 33.2 Å². The summed E-state index contributed by atoms with van der Waals surface area (Å²) in [5, 5.41) is 0.708. The molecule has 4 rings (SSSR count). The molecule has 2 N–H and O–H groups in total. The van der Waals surface area contributed by atoms with Gasteiger partial charge in [-0.3, -0.25) is 14.5 Å². The maximum absolute atomic E-state index is 13.0. The van der Waals surface area contributed by atoms with Crippen LogP contribution in [0.5, 0.6) is 0 Å². The summed E-state index contributed by atoms with van der Waals surface area (Å²) in [7, 11) is 0. The molecule has 30 heavy (non-hydrogen) atoms. The van der Waals surface area contributed by atoms with Gasteiger partial charge >= 0.3 is 0 Å². The van der Waals surface area contributed by atoms with Crippen molar-refractivity contribution in [3.05, 3.63) is 55.7 Å². The van der Waals surface area contributed by atoms with Crippen molar-refractivity contribution in [1.82, 2.24) is 9.80 Å². The fourth-order valence-corrected chi connectivity index (χ4v) is 6.03. The number of primary amides is 1. The SMILES string of the molecule is Cc1cc(C(=O)N2CC3CN(C(CC(N)=O)c4ccc(C)c(Cl)c4)CC3C2)c(C)s1. The van der Waals surface area contributed by atoms with Gasteiger partial charge < -0.3 is 10.6 Å². The highest BCUT2D eigenvalue weighted by molar-refractivity contribution is 7.12. The topological polar surface area (TPSA) is 66.6 Å². The number of carbonyl (C=O) groups is 2. The van der Waals surface area contributed by atoms with E-state index in [2.05, 4.69) is 4.90 Å². The molecule has 1 aromatic carbocycles. The van der Waals surface area contributed by atoms with Crippen LogP contribution in [0.15, 0.2) is 24.3 Å². The van der Waals surface area contributed by atoms with Crippen molar-refractivity contribution in [2.75, 3.05) is 26.2 Å². The van der Waals surface area contributed by atoms with Crippen LogP contribution in [0.25, 0.3) is 0 Å². The van der Waals surface area contributed by atoms with Gasteiger partial charge in [0.25, 0.3) is 5.91 Å². The average Bonchev–Trinajstić information content (AvgIpc) is 3.34. The number of hydrogen-bond acceptors (Lipinski definition) is 4. The Balaban J connectivity index is 1.47. The quantitative estimate of drug-likeness (QED) is 0.757. The molecule has 0 spiro atoms. The molecule has 3 heterocycles. The first-order valence-corrected chi connectivity index (χ1v) is 11.6. The number of benzene rings is 1. The van der Waals surface area contributed by atoms with E-state index in [-0.39, 0.29) is 24.3 Å². The van der Waals surface area contributed by atoms with Crippen LogP contribution in [0.1, 0.15) is 43.7 Å². The van der Waals surface area contributed by atoms with Crippen LogP contribution in [0.3, 0.4) is 0 Å². The van der Waals surface area contributed by atoms with E-state index in [4.69, 9.17) is 17.3 Å². The zero-order valence-electron chi connectivity index (χ0n) is 17.7. The number of halogens is 1. The second-order valence-electron chi connectivity index (χ2n) is 8.71. The van der Waals surface area contributed by atoms with Gasteiger partial charge in [0.1, 0.15) is 0 Å². The minimum Gasteiger partial charge on any atom is -0.370 e. The summed E-state index contributed by atoms with van der Waals surface area (Å²) in [6.45, 7) is 9.29. The van der Waals surface area contributed by atoms with Crippen molar-refractivity contribution >= 4 is 34.8 Å². The Hall–Kier alpha value is -1.89. The predicted molar refractivity (Wildman–Crippen MR) is 121 cm³/mol. The standard InChI is InChI=1S/C23H28ClN3O2S/c1-13-4-5-16(7-20(13)24)21(8-22(25)28)26-9-17-11-27(12-18(17)10-26)23(29)19-6-14(2)30-15(19)3/h4-7,17-18,21H,8-12H2,1-3H3,(H2,25,28). The van der Waals surface area contributed by atoms with Gasteiger partial charge in [0.15, 0.2) is 0 Å². The van der Waals surface area contributed by atoms with Crippen molar-refractivity contribution in [3.8, 4) is 0 Å². The maximum Gasteiger partial charge on any atom is 0.254 e. The van der Waals surface area contributed by atoms with Crippen molar-refractivity contribution in [3.63, 3.8) is 0 Å². The van der Waals surface area contributed by atoms with Gasteiger partial charge in [-0.1, -0.05) is 23.7 Å². The van der Waals surface area contributed by atoms with Gasteiger partial charge in [-0.25, -0.2) is 0 Å². The van der Waals surface area contributed by atoms with Gasteiger partial charge in [0, 0.05) is 53.4 Å². The minimum atomic E-state index is -0.311. The third-order valence-electron chi connectivity index (χ3n) is 6.49. The lowest BCUT2D eigenvalue weighted by Crippen LogP contribution is -2.36. The van der Waals surface area contributed by atoms with Crippen molar-refractivity contribution in [1.29, 1.82) is 0 Å². The average molecular weight is 446 g/mol. The Bertz CT molecular complexity index is 975. The molecule has 0 aliphatic carbocycles. The number of likely N-dealkylation sites (tertiary alicyclic amines) is 2. The van der Waals surface area contributed by atoms with Crippen LogP contribution in [0.2, 0.25) is 5.02 Å². The summed E-state index contributed by atoms with van der Waals surface area (Å²) in [5.74, 6) is 0.682. The summed E-state index contributed by atoms with van der Waals surface area (Å²) in [5.41, 5.74) is 8.46. The second-order valence-corrected chi connectivity index (χ2v) is 10.6. The lowest BCUT2D eigenvalue weighted by atomic mass is 10.0. The summed E-state index contributed by atoms with van der Waals surface area (Å²) >= 11 is 8.02. The molecule has 7 heteroatoms. The monoisotopic (exact) mass is 445 g/mol. The molecule has 2 aliphatic rings. The van der Waals surface area contributed by atoms with Gasteiger partial charge in [-0.05, 0) is 55.9 Å². The second kappa shape index (κ2) is 8.33. The Labute approximate surface area is 186 Å². The third-order valence-corrected chi connectivity index (χ3v) is 7.86. The molecular weight excluding hydrogens is 418 g/mol. The van der Waals surface area contributed by atoms with E-state index in [0.717, 1.165) is 47.7 Å². The number of hydrogen-bond donors (Lipinski definition) is 1. The van der Waals surface area contributed by atoms with Crippen LogP contribution < -0.4 is 5.73 Å². The van der Waals surface area contributed by atoms with Gasteiger partial charge in [-0.15, -0.1) is 11.3 Å². The summed E-state index contributed by atoms with van der Waals surface area (Å²) in [6, 6.07) is 7.93. The van der Waals surface area contributed by atoms with Crippen LogP contribution >= 0.6 is 22.9 Å². The lowest BCUT2D eigenvalue weighted by Gasteiger charge is -2.29. The van der Waals surface area contributed by atoms with Crippen molar-refractivity contribution < 1.29 is 9.59 Å². The maximum atomic E-state index is 13.0.